The minimum absolute atomic E-state index is 0.647. The van der Waals surface area contributed by atoms with Crippen LogP contribution in [0.1, 0.15) is 18.1 Å². The van der Waals surface area contributed by atoms with Crippen molar-refractivity contribution >= 4 is 5.57 Å². The van der Waals surface area contributed by atoms with Gasteiger partial charge in [0, 0.05) is 0 Å². The lowest BCUT2D eigenvalue weighted by molar-refractivity contribution is 0.378. The second-order valence-corrected chi connectivity index (χ2v) is 7.67. The summed E-state index contributed by atoms with van der Waals surface area (Å²) in [5.41, 5.74) is 2.98. The van der Waals surface area contributed by atoms with Crippen molar-refractivity contribution < 1.29 is 18.9 Å². The first-order valence-electron chi connectivity index (χ1n) is 11.4. The maximum Gasteiger partial charge on any atom is 0.169 e. The maximum absolute atomic E-state index is 6.04. The van der Waals surface area contributed by atoms with E-state index in [1.54, 1.807) is 14.2 Å². The Morgan fingerprint density at radius 1 is 0.571 bits per heavy atom. The van der Waals surface area contributed by atoms with E-state index in [1.807, 2.05) is 116 Å². The van der Waals surface area contributed by atoms with Crippen LogP contribution < -0.4 is 18.9 Å². The quantitative estimate of drug-likeness (QED) is 0.234. The van der Waals surface area contributed by atoms with Crippen LogP contribution in [-0.4, -0.2) is 14.2 Å². The molecular weight excluding hydrogens is 436 g/mol. The lowest BCUT2D eigenvalue weighted by atomic mass is 9.96. The molecule has 0 amide bonds. The molecule has 0 saturated carbocycles. The van der Waals surface area contributed by atoms with E-state index in [0.717, 1.165) is 28.2 Å². The molecule has 0 saturated heterocycles. The average molecular weight is 465 g/mol. The van der Waals surface area contributed by atoms with Crippen LogP contribution in [0.3, 0.4) is 0 Å². The SMILES string of the molecule is C/C=C/C=C(c1ccc(Oc2ccccc2)c(OC)c1)c1ccc(Oc2ccccc2)c(OC)c1. The molecule has 4 rings (SSSR count). The molecule has 0 aliphatic rings. The Hall–Kier alpha value is -4.44. The summed E-state index contributed by atoms with van der Waals surface area (Å²) in [5.74, 6) is 4.10. The summed E-state index contributed by atoms with van der Waals surface area (Å²) >= 11 is 0. The van der Waals surface area contributed by atoms with Crippen LogP contribution in [-0.2, 0) is 0 Å². The van der Waals surface area contributed by atoms with Gasteiger partial charge in [-0.1, -0.05) is 66.8 Å². The van der Waals surface area contributed by atoms with E-state index in [9.17, 15) is 0 Å². The van der Waals surface area contributed by atoms with E-state index >= 15 is 0 Å². The minimum atomic E-state index is 0.647. The highest BCUT2D eigenvalue weighted by Gasteiger charge is 2.14. The van der Waals surface area contributed by atoms with Gasteiger partial charge in [-0.15, -0.1) is 0 Å². The average Bonchev–Trinajstić information content (AvgIpc) is 2.91. The van der Waals surface area contributed by atoms with Crippen LogP contribution in [0.5, 0.6) is 34.5 Å². The van der Waals surface area contributed by atoms with Gasteiger partial charge in [0.15, 0.2) is 23.0 Å². The number of ether oxygens (including phenoxy) is 4. The number of methoxy groups -OCH3 is 2. The molecule has 4 nitrogen and oxygen atoms in total. The van der Waals surface area contributed by atoms with E-state index in [-0.39, 0.29) is 0 Å². The Morgan fingerprint density at radius 2 is 1.03 bits per heavy atom. The van der Waals surface area contributed by atoms with Gasteiger partial charge in [0.1, 0.15) is 11.5 Å². The van der Waals surface area contributed by atoms with E-state index in [4.69, 9.17) is 18.9 Å². The third-order valence-electron chi connectivity index (χ3n) is 5.35. The second kappa shape index (κ2) is 11.6. The highest BCUT2D eigenvalue weighted by Crippen LogP contribution is 2.38. The fraction of sp³-hybridized carbons (Fsp3) is 0.0968. The summed E-state index contributed by atoms with van der Waals surface area (Å²) < 4.78 is 23.4. The number of hydrogen-bond donors (Lipinski definition) is 0. The van der Waals surface area contributed by atoms with Crippen molar-refractivity contribution in [2.24, 2.45) is 0 Å². The van der Waals surface area contributed by atoms with Crippen molar-refractivity contribution in [1.29, 1.82) is 0 Å². The topological polar surface area (TPSA) is 36.9 Å². The predicted octanol–water partition coefficient (Wildman–Crippen LogP) is 8.30. The summed E-state index contributed by atoms with van der Waals surface area (Å²) in [7, 11) is 3.29. The first-order valence-corrected chi connectivity index (χ1v) is 11.4. The fourth-order valence-corrected chi connectivity index (χ4v) is 3.62. The monoisotopic (exact) mass is 464 g/mol. The summed E-state index contributed by atoms with van der Waals surface area (Å²) in [5, 5.41) is 0. The van der Waals surface area contributed by atoms with Gasteiger partial charge in [-0.3, -0.25) is 0 Å². The molecule has 35 heavy (non-hydrogen) atoms. The first-order chi connectivity index (χ1) is 17.2. The van der Waals surface area contributed by atoms with Crippen molar-refractivity contribution in [2.45, 2.75) is 6.92 Å². The zero-order valence-electron chi connectivity index (χ0n) is 20.1. The molecule has 0 aliphatic carbocycles. The van der Waals surface area contributed by atoms with Crippen LogP contribution in [0, 0.1) is 0 Å². The van der Waals surface area contributed by atoms with Crippen LogP contribution in [0.4, 0.5) is 0 Å². The third kappa shape index (κ3) is 5.92. The fourth-order valence-electron chi connectivity index (χ4n) is 3.62. The summed E-state index contributed by atoms with van der Waals surface area (Å²) in [6.45, 7) is 1.99. The van der Waals surface area contributed by atoms with Crippen molar-refractivity contribution in [3.63, 3.8) is 0 Å². The number of para-hydroxylation sites is 2. The number of hydrogen-bond acceptors (Lipinski definition) is 4. The number of rotatable bonds is 9. The second-order valence-electron chi connectivity index (χ2n) is 7.67. The van der Waals surface area contributed by atoms with Gasteiger partial charge >= 0.3 is 0 Å². The Morgan fingerprint density at radius 3 is 1.43 bits per heavy atom. The standard InChI is InChI=1S/C31H28O4/c1-4-5-16-27(23-17-19-28(30(21-23)32-2)34-25-12-8-6-9-13-25)24-18-20-29(31(22-24)33-3)35-26-14-10-7-11-15-26/h4-22H,1-3H3/b5-4+. The van der Waals surface area contributed by atoms with Crippen LogP contribution in [0.2, 0.25) is 0 Å². The molecule has 0 fully saturated rings. The first kappa shape index (κ1) is 23.7. The van der Waals surface area contributed by atoms with Crippen molar-refractivity contribution in [3.05, 3.63) is 126 Å². The molecule has 0 heterocycles. The Bertz CT molecular complexity index is 1210. The smallest absolute Gasteiger partial charge is 0.169 e. The Balaban J connectivity index is 1.69. The molecule has 0 spiro atoms. The van der Waals surface area contributed by atoms with E-state index in [1.165, 1.54) is 0 Å². The van der Waals surface area contributed by atoms with Crippen LogP contribution in [0.15, 0.2) is 115 Å². The normalized spacial score (nSPS) is 10.6. The molecule has 4 aromatic rings. The molecule has 176 valence electrons. The highest BCUT2D eigenvalue weighted by atomic mass is 16.5. The largest absolute Gasteiger partial charge is 0.493 e. The van der Waals surface area contributed by atoms with E-state index in [2.05, 4.69) is 6.08 Å². The van der Waals surface area contributed by atoms with Crippen LogP contribution in [0.25, 0.3) is 5.57 Å². The molecule has 0 atom stereocenters. The van der Waals surface area contributed by atoms with Gasteiger partial charge in [-0.25, -0.2) is 0 Å². The number of allylic oxidation sites excluding steroid dienone is 3. The number of benzene rings is 4. The zero-order chi connectivity index (χ0) is 24.5. The van der Waals surface area contributed by atoms with Crippen molar-refractivity contribution in [3.8, 4) is 34.5 Å². The van der Waals surface area contributed by atoms with Gasteiger partial charge in [0.25, 0.3) is 0 Å². The lowest BCUT2D eigenvalue weighted by Gasteiger charge is -2.16. The van der Waals surface area contributed by atoms with Gasteiger partial charge < -0.3 is 18.9 Å². The minimum Gasteiger partial charge on any atom is -0.493 e. The molecule has 0 bridgehead atoms. The Kier molecular flexibility index (Phi) is 7.87. The molecule has 0 aliphatic heterocycles. The Labute approximate surface area is 206 Å². The molecule has 4 heteroatoms. The summed E-state index contributed by atoms with van der Waals surface area (Å²) in [6.07, 6.45) is 6.07. The van der Waals surface area contributed by atoms with Gasteiger partial charge in [-0.05, 0) is 72.2 Å². The summed E-state index contributed by atoms with van der Waals surface area (Å²) in [6, 6.07) is 31.2. The van der Waals surface area contributed by atoms with E-state index < -0.39 is 0 Å². The molecule has 4 aromatic carbocycles. The predicted molar refractivity (Wildman–Crippen MR) is 141 cm³/mol. The van der Waals surface area contributed by atoms with E-state index in [0.29, 0.717) is 23.0 Å². The molecule has 0 aromatic heterocycles. The maximum atomic E-state index is 6.04. The zero-order valence-corrected chi connectivity index (χ0v) is 20.1. The van der Waals surface area contributed by atoms with Gasteiger partial charge in [0.05, 0.1) is 14.2 Å². The van der Waals surface area contributed by atoms with Crippen molar-refractivity contribution in [1.82, 2.24) is 0 Å². The summed E-state index contributed by atoms with van der Waals surface area (Å²) in [4.78, 5) is 0. The van der Waals surface area contributed by atoms with Gasteiger partial charge in [0.2, 0.25) is 0 Å². The van der Waals surface area contributed by atoms with Gasteiger partial charge in [-0.2, -0.15) is 0 Å². The molecule has 0 radical (unpaired) electrons. The molecular formula is C31H28O4. The van der Waals surface area contributed by atoms with Crippen molar-refractivity contribution in [2.75, 3.05) is 14.2 Å². The molecule has 0 unspecified atom stereocenters. The molecule has 0 N–H and O–H groups in total. The lowest BCUT2D eigenvalue weighted by Crippen LogP contribution is -1.96. The highest BCUT2D eigenvalue weighted by molar-refractivity contribution is 5.83. The third-order valence-corrected chi connectivity index (χ3v) is 5.35. The van der Waals surface area contributed by atoms with Crippen LogP contribution >= 0.6 is 0 Å².